The number of phosphoric acid groups is 2. The molecule has 0 fully saturated rings. The van der Waals surface area contributed by atoms with Gasteiger partial charge in [-0.15, -0.1) is 0 Å². The SMILES string of the molecule is CCCCC/C=C\C/C=C\C/C=C\C/C=C\C/C=C\CCC(=O)O[C@H](COC(=O)CCCCCCC/C=C\C/C=C\CCCCC)COP(=O)(O)OC[C@@H](O)COP(=O)(O)OC[C@@H](COC(=O)CCCCCCCCC/C=C\CCCCCC)OC(=O)CCCCCCC/C=C\C/C=C\CCCCC. The van der Waals surface area contributed by atoms with Gasteiger partial charge in [0.05, 0.1) is 26.4 Å². The molecule has 2 unspecified atom stereocenters. The molecule has 104 heavy (non-hydrogen) atoms. The van der Waals surface area contributed by atoms with Crippen LogP contribution in [-0.4, -0.2) is 96.7 Å². The molecular formula is C85H146O17P2. The van der Waals surface area contributed by atoms with Crippen molar-refractivity contribution in [3.05, 3.63) is 122 Å². The van der Waals surface area contributed by atoms with Crippen LogP contribution in [0.3, 0.4) is 0 Å². The smallest absolute Gasteiger partial charge is 0.462 e. The molecule has 17 nitrogen and oxygen atoms in total. The third-order valence-electron chi connectivity index (χ3n) is 16.9. The van der Waals surface area contributed by atoms with Gasteiger partial charge in [-0.2, -0.15) is 0 Å². The van der Waals surface area contributed by atoms with E-state index in [-0.39, 0.29) is 25.7 Å². The third-order valence-corrected chi connectivity index (χ3v) is 18.8. The summed E-state index contributed by atoms with van der Waals surface area (Å²) in [5.74, 6) is -2.30. The second kappa shape index (κ2) is 76.6. The Labute approximate surface area is 632 Å². The number of aliphatic hydroxyl groups excluding tert-OH is 1. The molecule has 5 atom stereocenters. The Hall–Kier alpha value is -4.54. The summed E-state index contributed by atoms with van der Waals surface area (Å²) in [5, 5.41) is 10.6. The minimum Gasteiger partial charge on any atom is -0.462 e. The number of hydrogen-bond acceptors (Lipinski definition) is 15. The van der Waals surface area contributed by atoms with Crippen molar-refractivity contribution < 1.29 is 80.2 Å². The molecule has 0 saturated heterocycles. The summed E-state index contributed by atoms with van der Waals surface area (Å²) in [6, 6.07) is 0. The van der Waals surface area contributed by atoms with Crippen LogP contribution in [0.5, 0.6) is 0 Å². The van der Waals surface area contributed by atoms with E-state index in [1.54, 1.807) is 0 Å². The van der Waals surface area contributed by atoms with Gasteiger partial charge < -0.3 is 33.8 Å². The van der Waals surface area contributed by atoms with Crippen molar-refractivity contribution in [2.24, 2.45) is 0 Å². The van der Waals surface area contributed by atoms with E-state index in [9.17, 15) is 43.2 Å². The second-order valence-electron chi connectivity index (χ2n) is 27.0. The van der Waals surface area contributed by atoms with Crippen molar-refractivity contribution >= 4 is 39.5 Å². The van der Waals surface area contributed by atoms with Crippen LogP contribution in [0.15, 0.2) is 122 Å². The molecule has 3 N–H and O–H groups in total. The zero-order valence-corrected chi connectivity index (χ0v) is 67.2. The minimum absolute atomic E-state index is 0.0336. The van der Waals surface area contributed by atoms with Crippen molar-refractivity contribution in [3.63, 3.8) is 0 Å². The van der Waals surface area contributed by atoms with Gasteiger partial charge in [-0.3, -0.25) is 37.3 Å². The summed E-state index contributed by atoms with van der Waals surface area (Å²) in [4.78, 5) is 73.0. The molecule has 0 aromatic rings. The first kappa shape index (κ1) is 99.5. The quantitative estimate of drug-likeness (QED) is 0.0169. The molecule has 0 aromatic carbocycles. The first-order valence-electron chi connectivity index (χ1n) is 40.8. The predicted molar refractivity (Wildman–Crippen MR) is 427 cm³/mol. The van der Waals surface area contributed by atoms with Crippen LogP contribution in [0, 0.1) is 0 Å². The summed E-state index contributed by atoms with van der Waals surface area (Å²) >= 11 is 0. The van der Waals surface area contributed by atoms with Crippen molar-refractivity contribution in [3.8, 4) is 0 Å². The molecule has 0 saturated carbocycles. The molecule has 598 valence electrons. The van der Waals surface area contributed by atoms with Crippen LogP contribution in [0.25, 0.3) is 0 Å². The van der Waals surface area contributed by atoms with Crippen LogP contribution in [0.1, 0.15) is 336 Å². The van der Waals surface area contributed by atoms with E-state index in [1.807, 2.05) is 18.2 Å². The van der Waals surface area contributed by atoms with Crippen molar-refractivity contribution in [1.29, 1.82) is 0 Å². The highest BCUT2D eigenvalue weighted by Gasteiger charge is 2.30. The fourth-order valence-corrected chi connectivity index (χ4v) is 12.2. The topological polar surface area (TPSA) is 237 Å². The van der Waals surface area contributed by atoms with Crippen LogP contribution in [-0.2, 0) is 65.4 Å². The Morgan fingerprint density at radius 2 is 0.490 bits per heavy atom. The van der Waals surface area contributed by atoms with Gasteiger partial charge >= 0.3 is 39.5 Å². The summed E-state index contributed by atoms with van der Waals surface area (Å²) in [7, 11) is -9.99. The van der Waals surface area contributed by atoms with E-state index in [0.29, 0.717) is 32.1 Å². The van der Waals surface area contributed by atoms with Crippen molar-refractivity contribution in [2.45, 2.75) is 354 Å². The Morgan fingerprint density at radius 3 is 0.808 bits per heavy atom. The molecule has 0 heterocycles. The summed E-state index contributed by atoms with van der Waals surface area (Å²) in [6.45, 7) is 4.69. The second-order valence-corrected chi connectivity index (χ2v) is 29.9. The Kier molecular flexibility index (Phi) is 73.3. The number of ether oxygens (including phenoxy) is 4. The summed E-state index contributed by atoms with van der Waals surface area (Å²) in [5.41, 5.74) is 0. The fourth-order valence-electron chi connectivity index (χ4n) is 10.6. The van der Waals surface area contributed by atoms with Gasteiger partial charge in [-0.05, 0) is 154 Å². The number of hydrogen-bond donors (Lipinski definition) is 3. The van der Waals surface area contributed by atoms with Crippen molar-refractivity contribution in [2.75, 3.05) is 39.6 Å². The number of unbranched alkanes of at least 4 members (excludes halogenated alkanes) is 30. The summed E-state index contributed by atoms with van der Waals surface area (Å²) in [6.07, 6.45) is 84.7. The Morgan fingerprint density at radius 1 is 0.269 bits per heavy atom. The zero-order chi connectivity index (χ0) is 76.0. The molecule has 0 amide bonds. The number of carbonyl (C=O) groups excluding carboxylic acids is 4. The van der Waals surface area contributed by atoms with E-state index >= 15 is 0 Å². The average molecular weight is 1500 g/mol. The molecule has 19 heteroatoms. The monoisotopic (exact) mass is 1500 g/mol. The van der Waals surface area contributed by atoms with Gasteiger partial charge in [0.2, 0.25) is 0 Å². The van der Waals surface area contributed by atoms with Gasteiger partial charge in [-0.1, -0.05) is 278 Å². The summed E-state index contributed by atoms with van der Waals surface area (Å²) < 4.78 is 68.5. The molecule has 0 aliphatic carbocycles. The lowest BCUT2D eigenvalue weighted by Gasteiger charge is -2.21. The van der Waals surface area contributed by atoms with Crippen LogP contribution in [0.4, 0.5) is 0 Å². The first-order chi connectivity index (χ1) is 50.7. The number of esters is 4. The van der Waals surface area contributed by atoms with Gasteiger partial charge in [0, 0.05) is 25.7 Å². The number of rotatable bonds is 76. The van der Waals surface area contributed by atoms with E-state index in [2.05, 4.69) is 131 Å². The third kappa shape index (κ3) is 75.7. The number of aliphatic hydroxyl groups is 1. The maximum Gasteiger partial charge on any atom is 0.472 e. The number of allylic oxidation sites excluding steroid dienone is 20. The van der Waals surface area contributed by atoms with E-state index < -0.39 is 97.5 Å². The van der Waals surface area contributed by atoms with Gasteiger partial charge in [0.1, 0.15) is 19.3 Å². The lowest BCUT2D eigenvalue weighted by Crippen LogP contribution is -2.30. The fraction of sp³-hybridized carbons (Fsp3) is 0.718. The molecule has 0 aromatic heterocycles. The number of phosphoric ester groups is 2. The molecule has 0 radical (unpaired) electrons. The Bertz CT molecular complexity index is 2440. The Balaban J connectivity index is 5.46. The molecular weight excluding hydrogens is 1350 g/mol. The number of carbonyl (C=O) groups is 4. The van der Waals surface area contributed by atoms with Crippen LogP contribution in [0.2, 0.25) is 0 Å². The molecule has 0 bridgehead atoms. The largest absolute Gasteiger partial charge is 0.472 e. The van der Waals surface area contributed by atoms with Gasteiger partial charge in [-0.25, -0.2) is 9.13 Å². The lowest BCUT2D eigenvalue weighted by molar-refractivity contribution is -0.161. The van der Waals surface area contributed by atoms with Crippen LogP contribution < -0.4 is 0 Å². The molecule has 0 aliphatic heterocycles. The highest BCUT2D eigenvalue weighted by atomic mass is 31.2. The first-order valence-corrected chi connectivity index (χ1v) is 43.8. The van der Waals surface area contributed by atoms with Crippen molar-refractivity contribution in [1.82, 2.24) is 0 Å². The van der Waals surface area contributed by atoms with E-state index in [4.69, 9.17) is 37.0 Å². The maximum atomic E-state index is 13.1. The molecule has 0 aliphatic rings. The highest BCUT2D eigenvalue weighted by molar-refractivity contribution is 7.47. The van der Waals surface area contributed by atoms with E-state index in [1.165, 1.54) is 96.3 Å². The van der Waals surface area contributed by atoms with Gasteiger partial charge in [0.25, 0.3) is 0 Å². The van der Waals surface area contributed by atoms with E-state index in [0.717, 1.165) is 154 Å². The maximum absolute atomic E-state index is 13.1. The molecule has 0 spiro atoms. The predicted octanol–water partition coefficient (Wildman–Crippen LogP) is 23.9. The highest BCUT2D eigenvalue weighted by Crippen LogP contribution is 2.45. The van der Waals surface area contributed by atoms with Crippen LogP contribution >= 0.6 is 15.6 Å². The standard InChI is InChI=1S/C85H146O17P2/c1-5-9-13-17-21-25-29-33-37-38-39-40-44-48-52-56-60-64-68-72-85(90)102-81(76-96-83(88)70-66-62-58-54-50-46-42-35-31-27-23-19-15-11-7-3)78-100-104(93,94)98-74-79(86)73-97-103(91,92)99-77-80(101-84(89)71-67-63-59-55-51-47-43-36-32-28-24-20-16-12-8-4)75-95-82(87)69-65-61-57-53-49-45-41-34-30-26-22-18-14-10-6-2/h21,23-28,30,33,35-37,39-40,42-43,48,52,60,64,79-81,86H,5-20,22,29,31-32,34,38,41,44-47,49-51,53-59,61-63,65-78H2,1-4H3,(H,91,92)(H,93,94)/b25-21-,27-23-,28-24-,30-26-,37-33-,40-39-,42-35-,43-36-,52-48-,64-60-/t79-,80+,81+/m0/s1. The van der Waals surface area contributed by atoms with Gasteiger partial charge in [0.15, 0.2) is 12.2 Å². The molecule has 0 rings (SSSR count). The normalized spacial score (nSPS) is 14.5. The average Bonchev–Trinajstić information content (AvgIpc) is 0.943. The minimum atomic E-state index is -5.00. The zero-order valence-electron chi connectivity index (χ0n) is 65.4. The lowest BCUT2D eigenvalue weighted by atomic mass is 10.1.